The molecule has 5 nitrogen and oxygen atoms in total. The molecule has 0 aliphatic heterocycles. The Morgan fingerprint density at radius 2 is 2.18 bits per heavy atom. The van der Waals surface area contributed by atoms with Crippen LogP contribution in [0.25, 0.3) is 11.0 Å². The van der Waals surface area contributed by atoms with Gasteiger partial charge in [-0.1, -0.05) is 19.9 Å². The van der Waals surface area contributed by atoms with E-state index in [1.54, 1.807) is 7.11 Å². The third-order valence-corrected chi connectivity index (χ3v) is 3.71. The summed E-state index contributed by atoms with van der Waals surface area (Å²) in [7, 11) is 3.70. The second kappa shape index (κ2) is 7.40. The molecular formula is C17H25N3O2. The Kier molecular flexibility index (Phi) is 5.55. The summed E-state index contributed by atoms with van der Waals surface area (Å²) in [5, 5.41) is 2.90. The van der Waals surface area contributed by atoms with Crippen LogP contribution in [-0.4, -0.2) is 35.7 Å². The Morgan fingerprint density at radius 3 is 2.86 bits per heavy atom. The van der Waals surface area contributed by atoms with Crippen LogP contribution in [0.15, 0.2) is 18.2 Å². The molecule has 1 aromatic heterocycles. The van der Waals surface area contributed by atoms with Gasteiger partial charge in [0.2, 0.25) is 5.91 Å². The van der Waals surface area contributed by atoms with E-state index < -0.39 is 0 Å². The van der Waals surface area contributed by atoms with Crippen LogP contribution in [0, 0.1) is 0 Å². The lowest BCUT2D eigenvalue weighted by molar-refractivity contribution is -0.120. The number of hydrogen-bond acceptors (Lipinski definition) is 3. The van der Waals surface area contributed by atoms with Gasteiger partial charge in [-0.25, -0.2) is 4.98 Å². The minimum Gasteiger partial charge on any atom is -0.385 e. The molecule has 5 heteroatoms. The van der Waals surface area contributed by atoms with Crippen molar-refractivity contribution in [1.82, 2.24) is 14.9 Å². The molecule has 0 radical (unpaired) electrons. The first kappa shape index (κ1) is 16.5. The number of methoxy groups -OCH3 is 1. The zero-order chi connectivity index (χ0) is 16.1. The second-order valence-electron chi connectivity index (χ2n) is 5.88. The van der Waals surface area contributed by atoms with Gasteiger partial charge in [-0.05, 0) is 24.1 Å². The minimum atomic E-state index is 0.0375. The fourth-order valence-corrected chi connectivity index (χ4v) is 2.58. The Labute approximate surface area is 131 Å². The fourth-order valence-electron chi connectivity index (χ4n) is 2.58. The average molecular weight is 303 g/mol. The van der Waals surface area contributed by atoms with E-state index in [4.69, 9.17) is 4.74 Å². The number of amides is 1. The molecule has 1 N–H and O–H groups in total. The molecular weight excluding hydrogens is 278 g/mol. The highest BCUT2D eigenvalue weighted by Crippen LogP contribution is 2.21. The summed E-state index contributed by atoms with van der Waals surface area (Å²) in [5.74, 6) is 1.48. The van der Waals surface area contributed by atoms with Crippen molar-refractivity contribution in [3.05, 3.63) is 29.6 Å². The first-order valence-corrected chi connectivity index (χ1v) is 7.73. The van der Waals surface area contributed by atoms with Crippen molar-refractivity contribution in [3.63, 3.8) is 0 Å². The highest BCUT2D eigenvalue weighted by Gasteiger charge is 2.12. The molecule has 1 aromatic carbocycles. The molecule has 22 heavy (non-hydrogen) atoms. The first-order valence-electron chi connectivity index (χ1n) is 7.73. The molecule has 0 fully saturated rings. The predicted molar refractivity (Wildman–Crippen MR) is 88.0 cm³/mol. The Hall–Kier alpha value is -1.88. The summed E-state index contributed by atoms with van der Waals surface area (Å²) in [4.78, 5) is 16.6. The molecule has 0 saturated heterocycles. The maximum atomic E-state index is 11.9. The SMILES string of the molecule is COCCCNC(=O)Cc1ccc2c(c1)nc(C(C)C)n2C. The van der Waals surface area contributed by atoms with E-state index in [0.29, 0.717) is 25.5 Å². The monoisotopic (exact) mass is 303 g/mol. The van der Waals surface area contributed by atoms with Crippen molar-refractivity contribution >= 4 is 16.9 Å². The number of aromatic nitrogens is 2. The quantitative estimate of drug-likeness (QED) is 0.799. The van der Waals surface area contributed by atoms with Crippen LogP contribution < -0.4 is 5.32 Å². The maximum Gasteiger partial charge on any atom is 0.224 e. The molecule has 0 bridgehead atoms. The van der Waals surface area contributed by atoms with Gasteiger partial charge in [0.05, 0.1) is 17.5 Å². The number of benzene rings is 1. The number of nitrogens with one attached hydrogen (secondary N) is 1. The van der Waals surface area contributed by atoms with E-state index in [0.717, 1.165) is 28.8 Å². The van der Waals surface area contributed by atoms with Crippen molar-refractivity contribution in [3.8, 4) is 0 Å². The summed E-state index contributed by atoms with van der Waals surface area (Å²) in [6.45, 7) is 5.58. The van der Waals surface area contributed by atoms with Crippen LogP contribution in [0.1, 0.15) is 37.6 Å². The summed E-state index contributed by atoms with van der Waals surface area (Å²) < 4.78 is 7.08. The lowest BCUT2D eigenvalue weighted by Gasteiger charge is -2.05. The zero-order valence-corrected chi connectivity index (χ0v) is 13.8. The number of ether oxygens (including phenoxy) is 1. The third kappa shape index (κ3) is 3.85. The molecule has 0 spiro atoms. The molecule has 2 rings (SSSR count). The van der Waals surface area contributed by atoms with Crippen LogP contribution in [0.5, 0.6) is 0 Å². The summed E-state index contributed by atoms with van der Waals surface area (Å²) >= 11 is 0. The van der Waals surface area contributed by atoms with Crippen molar-refractivity contribution in [2.24, 2.45) is 7.05 Å². The van der Waals surface area contributed by atoms with E-state index in [1.807, 2.05) is 25.2 Å². The Bertz CT molecular complexity index is 647. The van der Waals surface area contributed by atoms with Crippen LogP contribution >= 0.6 is 0 Å². The number of fused-ring (bicyclic) bond motifs is 1. The van der Waals surface area contributed by atoms with Gasteiger partial charge in [0, 0.05) is 33.2 Å². The normalized spacial score (nSPS) is 11.3. The maximum absolute atomic E-state index is 11.9. The van der Waals surface area contributed by atoms with E-state index in [2.05, 4.69) is 28.7 Å². The van der Waals surface area contributed by atoms with Crippen molar-refractivity contribution < 1.29 is 9.53 Å². The van der Waals surface area contributed by atoms with Gasteiger partial charge < -0.3 is 14.6 Å². The number of nitrogens with zero attached hydrogens (tertiary/aromatic N) is 2. The molecule has 0 aliphatic rings. The second-order valence-corrected chi connectivity index (χ2v) is 5.88. The fraction of sp³-hybridized carbons (Fsp3) is 0.529. The molecule has 0 aliphatic carbocycles. The van der Waals surface area contributed by atoms with E-state index >= 15 is 0 Å². The van der Waals surface area contributed by atoms with Gasteiger partial charge in [0.15, 0.2) is 0 Å². The standard InChI is InChI=1S/C17H25N3O2/c1-12(2)17-19-14-10-13(6-7-15(14)20(17)3)11-16(21)18-8-5-9-22-4/h6-7,10,12H,5,8-9,11H2,1-4H3,(H,18,21). The van der Waals surface area contributed by atoms with Crippen LogP contribution in [0.4, 0.5) is 0 Å². The molecule has 1 amide bonds. The molecule has 0 atom stereocenters. The summed E-state index contributed by atoms with van der Waals surface area (Å²) in [5.41, 5.74) is 3.05. The number of hydrogen-bond donors (Lipinski definition) is 1. The van der Waals surface area contributed by atoms with Gasteiger partial charge in [-0.2, -0.15) is 0 Å². The number of aryl methyl sites for hydroxylation is 1. The number of imidazole rings is 1. The van der Waals surface area contributed by atoms with Crippen molar-refractivity contribution in [1.29, 1.82) is 0 Å². The smallest absolute Gasteiger partial charge is 0.224 e. The van der Waals surface area contributed by atoms with E-state index in [-0.39, 0.29) is 5.91 Å². The van der Waals surface area contributed by atoms with Gasteiger partial charge in [0.1, 0.15) is 5.82 Å². The van der Waals surface area contributed by atoms with Crippen LogP contribution in [-0.2, 0) is 23.0 Å². The molecule has 0 unspecified atom stereocenters. The average Bonchev–Trinajstić information content (AvgIpc) is 2.80. The molecule has 1 heterocycles. The highest BCUT2D eigenvalue weighted by molar-refractivity contribution is 5.82. The molecule has 0 saturated carbocycles. The first-order chi connectivity index (χ1) is 10.5. The number of rotatable bonds is 7. The van der Waals surface area contributed by atoms with Gasteiger partial charge in [-0.15, -0.1) is 0 Å². The zero-order valence-electron chi connectivity index (χ0n) is 13.8. The lowest BCUT2D eigenvalue weighted by Crippen LogP contribution is -2.26. The number of carbonyl (C=O) groups is 1. The Morgan fingerprint density at radius 1 is 1.41 bits per heavy atom. The van der Waals surface area contributed by atoms with Crippen molar-refractivity contribution in [2.75, 3.05) is 20.3 Å². The number of carbonyl (C=O) groups excluding carboxylic acids is 1. The molecule has 2 aromatic rings. The third-order valence-electron chi connectivity index (χ3n) is 3.71. The van der Waals surface area contributed by atoms with Crippen molar-refractivity contribution in [2.45, 2.75) is 32.6 Å². The van der Waals surface area contributed by atoms with Gasteiger partial charge in [-0.3, -0.25) is 4.79 Å². The largest absolute Gasteiger partial charge is 0.385 e. The topological polar surface area (TPSA) is 56.1 Å². The van der Waals surface area contributed by atoms with Gasteiger partial charge in [0.25, 0.3) is 0 Å². The van der Waals surface area contributed by atoms with E-state index in [1.165, 1.54) is 0 Å². The summed E-state index contributed by atoms with van der Waals surface area (Å²) in [6.07, 6.45) is 1.22. The molecule has 120 valence electrons. The lowest BCUT2D eigenvalue weighted by atomic mass is 10.1. The highest BCUT2D eigenvalue weighted by atomic mass is 16.5. The van der Waals surface area contributed by atoms with E-state index in [9.17, 15) is 4.79 Å². The Balaban J connectivity index is 2.05. The van der Waals surface area contributed by atoms with Crippen LogP contribution in [0.2, 0.25) is 0 Å². The van der Waals surface area contributed by atoms with Crippen LogP contribution in [0.3, 0.4) is 0 Å². The van der Waals surface area contributed by atoms with Gasteiger partial charge >= 0.3 is 0 Å². The predicted octanol–water partition coefficient (Wildman–Crippen LogP) is 2.39. The summed E-state index contributed by atoms with van der Waals surface area (Å²) in [6, 6.07) is 6.06. The minimum absolute atomic E-state index is 0.0375.